The number of hydrogen-bond acceptors (Lipinski definition) is 3. The number of piperidine rings is 1. The Kier molecular flexibility index (Phi) is 6.55. The fraction of sp³-hybridized carbons (Fsp3) is 0.250. The Labute approximate surface area is 209 Å². The van der Waals surface area contributed by atoms with Crippen LogP contribution in [0.2, 0.25) is 5.02 Å². The van der Waals surface area contributed by atoms with Crippen molar-refractivity contribution in [3.8, 4) is 0 Å². The molecule has 1 saturated heterocycles. The van der Waals surface area contributed by atoms with E-state index in [1.54, 1.807) is 6.20 Å². The molecule has 2 amide bonds. The molecular formula is C28H27ClN4O2. The molecule has 2 heterocycles. The molecule has 0 radical (unpaired) electrons. The summed E-state index contributed by atoms with van der Waals surface area (Å²) in [6, 6.07) is 20.7. The molecule has 2 atom stereocenters. The minimum atomic E-state index is -0.413. The van der Waals surface area contributed by atoms with Crippen molar-refractivity contribution in [3.63, 3.8) is 0 Å². The normalized spacial score (nSPS) is 16.7. The first kappa shape index (κ1) is 23.1. The zero-order chi connectivity index (χ0) is 24.4. The molecule has 4 aromatic rings. The van der Waals surface area contributed by atoms with Crippen LogP contribution in [0.25, 0.3) is 10.8 Å². The maximum Gasteiger partial charge on any atom is 0.254 e. The number of benzene rings is 3. The number of rotatable bonds is 5. The first-order valence-corrected chi connectivity index (χ1v) is 12.2. The third-order valence-corrected chi connectivity index (χ3v) is 6.96. The first-order chi connectivity index (χ1) is 17.0. The predicted octanol–water partition coefficient (Wildman–Crippen LogP) is 4.98. The van der Waals surface area contributed by atoms with E-state index in [4.69, 9.17) is 11.6 Å². The van der Waals surface area contributed by atoms with Crippen LogP contribution in [-0.4, -0.2) is 39.4 Å². The third kappa shape index (κ3) is 4.80. The van der Waals surface area contributed by atoms with E-state index in [0.717, 1.165) is 35.0 Å². The smallest absolute Gasteiger partial charge is 0.254 e. The summed E-state index contributed by atoms with van der Waals surface area (Å²) in [5.74, 6) is 0.332. The summed E-state index contributed by atoms with van der Waals surface area (Å²) in [6.07, 6.45) is 5.09. The van der Waals surface area contributed by atoms with Crippen LogP contribution in [-0.2, 0) is 11.8 Å². The van der Waals surface area contributed by atoms with Gasteiger partial charge < -0.3 is 14.8 Å². The molecule has 3 aromatic carbocycles. The molecule has 7 heteroatoms. The second kappa shape index (κ2) is 9.92. The van der Waals surface area contributed by atoms with Crippen LogP contribution in [0.5, 0.6) is 0 Å². The molecule has 178 valence electrons. The quantitative estimate of drug-likeness (QED) is 0.432. The number of halogens is 1. The Morgan fingerprint density at radius 2 is 1.83 bits per heavy atom. The fourth-order valence-corrected chi connectivity index (χ4v) is 4.95. The van der Waals surface area contributed by atoms with Gasteiger partial charge in [0, 0.05) is 43.1 Å². The number of aromatic nitrogens is 2. The average Bonchev–Trinajstić information content (AvgIpc) is 3.32. The summed E-state index contributed by atoms with van der Waals surface area (Å²) >= 11 is 6.09. The number of nitrogens with zero attached hydrogens (tertiary/aromatic N) is 3. The van der Waals surface area contributed by atoms with E-state index in [1.165, 1.54) is 0 Å². The molecule has 0 spiro atoms. The largest absolute Gasteiger partial charge is 0.342 e. The van der Waals surface area contributed by atoms with E-state index in [9.17, 15) is 9.59 Å². The molecule has 35 heavy (non-hydrogen) atoms. The number of carbonyl (C=O) groups is 2. The molecule has 1 aliphatic heterocycles. The van der Waals surface area contributed by atoms with Crippen LogP contribution in [0, 0.1) is 5.92 Å². The van der Waals surface area contributed by atoms with Crippen LogP contribution in [0.3, 0.4) is 0 Å². The highest BCUT2D eigenvalue weighted by Gasteiger charge is 2.31. The molecule has 1 aromatic heterocycles. The van der Waals surface area contributed by atoms with Crippen LogP contribution in [0.1, 0.15) is 40.6 Å². The summed E-state index contributed by atoms with van der Waals surface area (Å²) in [6.45, 7) is 1.04. The Balaban J connectivity index is 1.35. The van der Waals surface area contributed by atoms with Gasteiger partial charge in [-0.15, -0.1) is 0 Å². The highest BCUT2D eigenvalue weighted by molar-refractivity contribution is 6.30. The van der Waals surface area contributed by atoms with Crippen molar-refractivity contribution in [3.05, 3.63) is 101 Å². The monoisotopic (exact) mass is 486 g/mol. The van der Waals surface area contributed by atoms with Gasteiger partial charge in [-0.2, -0.15) is 0 Å². The lowest BCUT2D eigenvalue weighted by Crippen LogP contribution is -2.46. The van der Waals surface area contributed by atoms with Gasteiger partial charge >= 0.3 is 0 Å². The number of amides is 2. The van der Waals surface area contributed by atoms with Crippen molar-refractivity contribution < 1.29 is 9.59 Å². The highest BCUT2D eigenvalue weighted by atomic mass is 35.5. The van der Waals surface area contributed by atoms with Crippen LogP contribution in [0.4, 0.5) is 0 Å². The van der Waals surface area contributed by atoms with Crippen molar-refractivity contribution in [1.82, 2.24) is 19.8 Å². The van der Waals surface area contributed by atoms with Gasteiger partial charge in [0.1, 0.15) is 11.9 Å². The number of carbonyl (C=O) groups excluding carboxylic acids is 2. The summed E-state index contributed by atoms with van der Waals surface area (Å²) < 4.78 is 1.90. The number of aryl methyl sites for hydroxylation is 1. The van der Waals surface area contributed by atoms with Gasteiger partial charge in [-0.3, -0.25) is 9.59 Å². The molecule has 1 N–H and O–H groups in total. The number of imidazole rings is 1. The Morgan fingerprint density at radius 3 is 2.60 bits per heavy atom. The second-order valence-corrected chi connectivity index (χ2v) is 9.44. The van der Waals surface area contributed by atoms with E-state index >= 15 is 0 Å². The van der Waals surface area contributed by atoms with E-state index in [1.807, 2.05) is 89.4 Å². The summed E-state index contributed by atoms with van der Waals surface area (Å²) in [4.78, 5) is 33.2. The number of fused-ring (bicyclic) bond motifs is 1. The topological polar surface area (TPSA) is 67.2 Å². The lowest BCUT2D eigenvalue weighted by molar-refractivity contribution is -0.126. The standard InChI is InChI=1S/C28H27ClN4O2/c1-32-17-15-30-26(32)25(20-11-13-22(29)14-12-20)31-27(34)21-8-5-16-33(18-21)28(35)24-10-4-7-19-6-2-3-9-23(19)24/h2-4,6-7,9-15,17,21,25H,5,8,16,18H2,1H3,(H,31,34)/t21-,25+/m0/s1. The lowest BCUT2D eigenvalue weighted by Gasteiger charge is -2.33. The lowest BCUT2D eigenvalue weighted by atomic mass is 9.94. The van der Waals surface area contributed by atoms with Gasteiger partial charge in [-0.25, -0.2) is 4.98 Å². The van der Waals surface area contributed by atoms with Crippen molar-refractivity contribution in [2.45, 2.75) is 18.9 Å². The molecule has 1 aliphatic rings. The second-order valence-electron chi connectivity index (χ2n) is 9.01. The molecule has 6 nitrogen and oxygen atoms in total. The summed E-state index contributed by atoms with van der Waals surface area (Å²) in [5, 5.41) is 5.79. The third-order valence-electron chi connectivity index (χ3n) is 6.71. The van der Waals surface area contributed by atoms with Gasteiger partial charge in [0.15, 0.2) is 0 Å². The van der Waals surface area contributed by atoms with E-state index in [2.05, 4.69) is 10.3 Å². The zero-order valence-electron chi connectivity index (χ0n) is 19.5. The maximum absolute atomic E-state index is 13.5. The fourth-order valence-electron chi connectivity index (χ4n) is 4.83. The Morgan fingerprint density at radius 1 is 1.06 bits per heavy atom. The SMILES string of the molecule is Cn1ccnc1[C@H](NC(=O)[C@H]1CCCN(C(=O)c2cccc3ccccc23)C1)c1ccc(Cl)cc1. The van der Waals surface area contributed by atoms with Gasteiger partial charge in [-0.1, -0.05) is 60.1 Å². The number of likely N-dealkylation sites (tertiary alicyclic amines) is 1. The van der Waals surface area contributed by atoms with Gasteiger partial charge in [0.05, 0.1) is 5.92 Å². The first-order valence-electron chi connectivity index (χ1n) is 11.8. The number of nitrogens with one attached hydrogen (secondary N) is 1. The van der Waals surface area contributed by atoms with Crippen molar-refractivity contribution >= 4 is 34.2 Å². The van der Waals surface area contributed by atoms with E-state index in [-0.39, 0.29) is 17.7 Å². The predicted molar refractivity (Wildman–Crippen MR) is 137 cm³/mol. The van der Waals surface area contributed by atoms with Gasteiger partial charge in [0.2, 0.25) is 5.91 Å². The van der Waals surface area contributed by atoms with Gasteiger partial charge in [-0.05, 0) is 47.4 Å². The Bertz CT molecular complexity index is 1360. The van der Waals surface area contributed by atoms with Crippen LogP contribution in [0.15, 0.2) is 79.1 Å². The molecule has 0 unspecified atom stereocenters. The van der Waals surface area contributed by atoms with Gasteiger partial charge in [0.25, 0.3) is 5.91 Å². The highest BCUT2D eigenvalue weighted by Crippen LogP contribution is 2.26. The molecule has 1 fully saturated rings. The molecular weight excluding hydrogens is 460 g/mol. The van der Waals surface area contributed by atoms with E-state index in [0.29, 0.717) is 23.7 Å². The molecule has 0 saturated carbocycles. The number of hydrogen-bond donors (Lipinski definition) is 1. The average molecular weight is 487 g/mol. The van der Waals surface area contributed by atoms with Crippen molar-refractivity contribution in [1.29, 1.82) is 0 Å². The molecule has 5 rings (SSSR count). The summed E-state index contributed by atoms with van der Waals surface area (Å²) in [5.41, 5.74) is 1.58. The van der Waals surface area contributed by atoms with Crippen LogP contribution < -0.4 is 5.32 Å². The zero-order valence-corrected chi connectivity index (χ0v) is 20.3. The minimum Gasteiger partial charge on any atom is -0.342 e. The molecule has 0 bridgehead atoms. The minimum absolute atomic E-state index is 0.0300. The maximum atomic E-state index is 13.5. The molecule has 0 aliphatic carbocycles. The van der Waals surface area contributed by atoms with Crippen molar-refractivity contribution in [2.24, 2.45) is 13.0 Å². The van der Waals surface area contributed by atoms with E-state index < -0.39 is 6.04 Å². The Hall–Kier alpha value is -3.64. The van der Waals surface area contributed by atoms with Crippen molar-refractivity contribution in [2.75, 3.05) is 13.1 Å². The summed E-state index contributed by atoms with van der Waals surface area (Å²) in [7, 11) is 1.91. The van der Waals surface area contributed by atoms with Crippen LogP contribution >= 0.6 is 11.6 Å².